The van der Waals surface area contributed by atoms with E-state index in [2.05, 4.69) is 45.4 Å². The quantitative estimate of drug-likeness (QED) is 0.321. The van der Waals surface area contributed by atoms with Crippen molar-refractivity contribution in [1.82, 2.24) is 4.90 Å². The molecule has 1 aliphatic heterocycles. The van der Waals surface area contributed by atoms with E-state index in [1.807, 2.05) is 0 Å². The summed E-state index contributed by atoms with van der Waals surface area (Å²) in [4.78, 5) is 2.53. The smallest absolute Gasteiger partial charge is 0.00218 e. The van der Waals surface area contributed by atoms with Crippen molar-refractivity contribution in [3.8, 4) is 0 Å². The molecule has 0 aliphatic carbocycles. The molecule has 1 fully saturated rings. The molecule has 1 heterocycles. The van der Waals surface area contributed by atoms with Gasteiger partial charge in [-0.3, -0.25) is 0 Å². The highest BCUT2D eigenvalue weighted by Crippen LogP contribution is 2.25. The summed E-state index contributed by atoms with van der Waals surface area (Å²) in [6.45, 7) is 11.8. The average molecular weight is 374 g/mol. The van der Waals surface area contributed by atoms with Gasteiger partial charge in [-0.2, -0.15) is 0 Å². The van der Waals surface area contributed by atoms with Crippen LogP contribution in [0.25, 0.3) is 0 Å². The summed E-state index contributed by atoms with van der Waals surface area (Å²) in [6, 6.07) is 0. The summed E-state index contributed by atoms with van der Waals surface area (Å²) in [7, 11) is 2.29. The monoisotopic (exact) mass is 373 g/mol. The summed E-state index contributed by atoms with van der Waals surface area (Å²) in [6.07, 6.45) is 18.4. The van der Waals surface area contributed by atoms with E-state index in [4.69, 9.17) is 0 Å². The number of allylic oxidation sites excluding steroid dienone is 3. The minimum absolute atomic E-state index is 1.15. The second-order valence-electron chi connectivity index (χ2n) is 8.77. The Morgan fingerprint density at radius 3 is 2.04 bits per heavy atom. The lowest BCUT2D eigenvalue weighted by Gasteiger charge is -2.19. The SMILES string of the molecule is CCCCC(C)=C=C(CC)CCC(C)=C1CCCCCN(C)CCCCC1. The highest BCUT2D eigenvalue weighted by molar-refractivity contribution is 5.16. The fourth-order valence-corrected chi connectivity index (χ4v) is 4.11. The van der Waals surface area contributed by atoms with Gasteiger partial charge in [0.25, 0.3) is 0 Å². The van der Waals surface area contributed by atoms with Crippen LogP contribution < -0.4 is 0 Å². The first-order valence-electron chi connectivity index (χ1n) is 11.9. The molecule has 1 saturated heterocycles. The zero-order valence-corrected chi connectivity index (χ0v) is 19.3. The van der Waals surface area contributed by atoms with Gasteiger partial charge in [0.1, 0.15) is 0 Å². The number of unbranched alkanes of at least 4 members (excludes halogenated alkanes) is 1. The molecule has 0 aromatic heterocycles. The zero-order valence-electron chi connectivity index (χ0n) is 19.3. The Kier molecular flexibility index (Phi) is 13.6. The Balaban J connectivity index is 2.66. The normalized spacial score (nSPS) is 17.6. The van der Waals surface area contributed by atoms with Gasteiger partial charge in [0.15, 0.2) is 0 Å². The van der Waals surface area contributed by atoms with Crippen molar-refractivity contribution in [1.29, 1.82) is 0 Å². The minimum Gasteiger partial charge on any atom is -0.306 e. The topological polar surface area (TPSA) is 3.24 Å². The van der Waals surface area contributed by atoms with E-state index in [0.29, 0.717) is 0 Å². The molecular weight excluding hydrogens is 326 g/mol. The van der Waals surface area contributed by atoms with Gasteiger partial charge < -0.3 is 4.90 Å². The van der Waals surface area contributed by atoms with Crippen LogP contribution in [0, 0.1) is 0 Å². The van der Waals surface area contributed by atoms with E-state index in [1.165, 1.54) is 108 Å². The third-order valence-corrected chi connectivity index (χ3v) is 6.16. The van der Waals surface area contributed by atoms with E-state index in [1.54, 1.807) is 11.1 Å². The van der Waals surface area contributed by atoms with Crippen molar-refractivity contribution in [3.05, 3.63) is 28.0 Å². The Morgan fingerprint density at radius 1 is 0.852 bits per heavy atom. The third-order valence-electron chi connectivity index (χ3n) is 6.16. The van der Waals surface area contributed by atoms with E-state index in [-0.39, 0.29) is 0 Å². The van der Waals surface area contributed by atoms with Crippen LogP contribution in [0.2, 0.25) is 0 Å². The van der Waals surface area contributed by atoms with Gasteiger partial charge in [0.2, 0.25) is 0 Å². The Bertz CT molecular complexity index is 474. The molecule has 1 nitrogen and oxygen atoms in total. The minimum atomic E-state index is 1.15. The number of nitrogens with zero attached hydrogens (tertiary/aromatic N) is 1. The van der Waals surface area contributed by atoms with Gasteiger partial charge in [-0.25, -0.2) is 0 Å². The maximum Gasteiger partial charge on any atom is -0.00218 e. The number of hydrogen-bond acceptors (Lipinski definition) is 1. The number of rotatable bonds is 7. The molecule has 0 unspecified atom stereocenters. The van der Waals surface area contributed by atoms with Gasteiger partial charge in [0.05, 0.1) is 0 Å². The number of hydrogen-bond donors (Lipinski definition) is 0. The average Bonchev–Trinajstić information content (AvgIpc) is 2.65. The molecule has 0 N–H and O–H groups in total. The molecule has 156 valence electrons. The lowest BCUT2D eigenvalue weighted by atomic mass is 9.92. The van der Waals surface area contributed by atoms with Crippen molar-refractivity contribution >= 4 is 0 Å². The summed E-state index contributed by atoms with van der Waals surface area (Å²) < 4.78 is 0. The first-order chi connectivity index (χ1) is 13.1. The van der Waals surface area contributed by atoms with Crippen LogP contribution in [0.5, 0.6) is 0 Å². The van der Waals surface area contributed by atoms with Gasteiger partial charge in [-0.1, -0.05) is 44.3 Å². The van der Waals surface area contributed by atoms with Crippen LogP contribution in [-0.4, -0.2) is 25.0 Å². The van der Waals surface area contributed by atoms with Crippen molar-refractivity contribution in [3.63, 3.8) is 0 Å². The molecule has 0 radical (unpaired) electrons. The highest BCUT2D eigenvalue weighted by atomic mass is 15.1. The van der Waals surface area contributed by atoms with Crippen molar-refractivity contribution in [2.45, 2.75) is 118 Å². The van der Waals surface area contributed by atoms with Gasteiger partial charge in [-0.05, 0) is 116 Å². The second-order valence-corrected chi connectivity index (χ2v) is 8.77. The molecule has 0 saturated carbocycles. The van der Waals surface area contributed by atoms with Crippen molar-refractivity contribution < 1.29 is 0 Å². The molecule has 0 spiro atoms. The van der Waals surface area contributed by atoms with Crippen molar-refractivity contribution in [2.75, 3.05) is 20.1 Å². The lowest BCUT2D eigenvalue weighted by molar-refractivity contribution is 0.314. The first-order valence-corrected chi connectivity index (χ1v) is 11.9. The predicted octanol–water partition coefficient (Wildman–Crippen LogP) is 8.22. The molecule has 1 heteroatoms. The molecule has 1 aliphatic rings. The summed E-state index contributed by atoms with van der Waals surface area (Å²) in [5.41, 5.74) is 10.2. The van der Waals surface area contributed by atoms with Crippen LogP contribution in [0.1, 0.15) is 118 Å². The Hall–Kier alpha value is -0.780. The van der Waals surface area contributed by atoms with E-state index >= 15 is 0 Å². The van der Waals surface area contributed by atoms with Crippen LogP contribution in [0.3, 0.4) is 0 Å². The molecule has 27 heavy (non-hydrogen) atoms. The fourth-order valence-electron chi connectivity index (χ4n) is 4.11. The predicted molar refractivity (Wildman–Crippen MR) is 122 cm³/mol. The van der Waals surface area contributed by atoms with Crippen LogP contribution in [-0.2, 0) is 0 Å². The standard InChI is InChI=1S/C26H47N/c1-6-8-15-23(3)22-25(7-2)19-18-24(4)26-16-11-9-13-20-27(5)21-14-10-12-17-26/h6-21H2,1-5H3. The summed E-state index contributed by atoms with van der Waals surface area (Å²) in [5.74, 6) is 0. The third kappa shape index (κ3) is 11.6. The lowest BCUT2D eigenvalue weighted by Crippen LogP contribution is -2.21. The molecule has 1 rings (SSSR count). The molecule has 0 aromatic carbocycles. The van der Waals surface area contributed by atoms with Crippen LogP contribution >= 0.6 is 0 Å². The van der Waals surface area contributed by atoms with Gasteiger partial charge in [0, 0.05) is 0 Å². The molecular formula is C26H47N. The maximum absolute atomic E-state index is 3.73. The van der Waals surface area contributed by atoms with Gasteiger partial charge in [-0.15, -0.1) is 5.73 Å². The summed E-state index contributed by atoms with van der Waals surface area (Å²) in [5, 5.41) is 0. The molecule has 0 amide bonds. The van der Waals surface area contributed by atoms with Gasteiger partial charge >= 0.3 is 0 Å². The molecule has 0 atom stereocenters. The molecule has 0 aromatic rings. The zero-order chi connectivity index (χ0) is 19.9. The summed E-state index contributed by atoms with van der Waals surface area (Å²) >= 11 is 0. The second kappa shape index (κ2) is 15.2. The maximum atomic E-state index is 3.73. The molecule has 0 bridgehead atoms. The highest BCUT2D eigenvalue weighted by Gasteiger charge is 2.07. The van der Waals surface area contributed by atoms with E-state index in [0.717, 1.165) is 6.42 Å². The largest absolute Gasteiger partial charge is 0.306 e. The van der Waals surface area contributed by atoms with Crippen LogP contribution in [0.4, 0.5) is 0 Å². The van der Waals surface area contributed by atoms with Crippen LogP contribution in [0.15, 0.2) is 28.0 Å². The van der Waals surface area contributed by atoms with Crippen molar-refractivity contribution in [2.24, 2.45) is 0 Å². The fraction of sp³-hybridized carbons (Fsp3) is 0.808. The van der Waals surface area contributed by atoms with E-state index in [9.17, 15) is 0 Å². The first kappa shape index (κ1) is 24.3. The van der Waals surface area contributed by atoms with E-state index < -0.39 is 0 Å². The Morgan fingerprint density at radius 2 is 1.48 bits per heavy atom. The Labute approximate surface area is 171 Å².